The zero-order valence-electron chi connectivity index (χ0n) is 14.1. The van der Waals surface area contributed by atoms with Gasteiger partial charge >= 0.3 is 6.18 Å². The van der Waals surface area contributed by atoms with E-state index in [-0.39, 0.29) is 18.1 Å². The third-order valence-corrected chi connectivity index (χ3v) is 3.53. The molecule has 138 valence electrons. The number of rotatable bonds is 7. The molecule has 0 aliphatic heterocycles. The fraction of sp³-hybridized carbons (Fsp3) is 0.263. The molecule has 0 aromatic heterocycles. The van der Waals surface area contributed by atoms with Gasteiger partial charge in [0, 0.05) is 12.1 Å². The van der Waals surface area contributed by atoms with Crippen LogP contribution in [-0.4, -0.2) is 18.3 Å². The molecule has 7 heteroatoms. The highest BCUT2D eigenvalue weighted by molar-refractivity contribution is 5.91. The molecule has 26 heavy (non-hydrogen) atoms. The number of amides is 1. The van der Waals surface area contributed by atoms with Gasteiger partial charge in [0.15, 0.2) is 6.61 Å². The first kappa shape index (κ1) is 19.5. The highest BCUT2D eigenvalue weighted by Crippen LogP contribution is 2.30. The molecule has 0 saturated carbocycles. The monoisotopic (exact) mass is 365 g/mol. The van der Waals surface area contributed by atoms with Crippen LogP contribution in [0, 0.1) is 0 Å². The predicted molar refractivity (Wildman–Crippen MR) is 91.0 cm³/mol. The maximum Gasteiger partial charge on any atom is 0.416 e. The van der Waals surface area contributed by atoms with Crippen LogP contribution in [0.25, 0.3) is 0 Å². The van der Waals surface area contributed by atoms with Crippen LogP contribution in [0.2, 0.25) is 0 Å². The van der Waals surface area contributed by atoms with Gasteiger partial charge in [-0.2, -0.15) is 13.2 Å². The largest absolute Gasteiger partial charge is 0.484 e. The maximum absolute atomic E-state index is 12.7. The molecule has 0 fully saturated rings. The molecule has 2 aromatic carbocycles. The van der Waals surface area contributed by atoms with Gasteiger partial charge in [0.05, 0.1) is 5.56 Å². The number of aryl methyl sites for hydroxylation is 1. The summed E-state index contributed by atoms with van der Waals surface area (Å²) in [5, 5.41) is 2.37. The van der Waals surface area contributed by atoms with Gasteiger partial charge in [0.25, 0.3) is 5.91 Å². The third-order valence-electron chi connectivity index (χ3n) is 3.53. The van der Waals surface area contributed by atoms with Gasteiger partial charge in [-0.3, -0.25) is 4.79 Å². The first-order valence-corrected chi connectivity index (χ1v) is 7.92. The van der Waals surface area contributed by atoms with Gasteiger partial charge < -0.3 is 14.8 Å². The maximum atomic E-state index is 12.7. The second-order valence-corrected chi connectivity index (χ2v) is 5.76. The predicted octanol–water partition coefficient (Wildman–Crippen LogP) is 4.24. The van der Waals surface area contributed by atoms with Gasteiger partial charge in [-0.05, 0) is 49.2 Å². The molecule has 2 aromatic rings. The Kier molecular flexibility index (Phi) is 6.38. The summed E-state index contributed by atoms with van der Waals surface area (Å²) in [5.74, 6) is -0.00246. The molecule has 0 aliphatic carbocycles. The number of carbonyl (C=O) groups is 2. The Bertz CT molecular complexity index is 770. The molecular formula is C19H18F3NO3. The van der Waals surface area contributed by atoms with Crippen LogP contribution in [0.15, 0.2) is 48.5 Å². The van der Waals surface area contributed by atoms with E-state index in [1.807, 2.05) is 0 Å². The quantitative estimate of drug-likeness (QED) is 0.798. The van der Waals surface area contributed by atoms with Crippen LogP contribution in [0.4, 0.5) is 18.9 Å². The topological polar surface area (TPSA) is 55.4 Å². The van der Waals surface area contributed by atoms with Crippen LogP contribution in [0.3, 0.4) is 0 Å². The minimum Gasteiger partial charge on any atom is -0.484 e. The minimum atomic E-state index is -4.47. The number of carbonyl (C=O) groups excluding carboxylic acids is 2. The molecular weight excluding hydrogens is 347 g/mol. The summed E-state index contributed by atoms with van der Waals surface area (Å²) < 4.78 is 43.3. The van der Waals surface area contributed by atoms with Crippen molar-refractivity contribution in [2.45, 2.75) is 25.9 Å². The van der Waals surface area contributed by atoms with E-state index in [1.165, 1.54) is 19.1 Å². The van der Waals surface area contributed by atoms with Crippen LogP contribution < -0.4 is 10.1 Å². The number of ether oxygens (including phenoxy) is 1. The Labute approximate surface area is 149 Å². The SMILES string of the molecule is CC(=O)CCc1ccc(OCC(=O)Nc2cccc(C(F)(F)F)c2)cc1. The van der Waals surface area contributed by atoms with E-state index in [1.54, 1.807) is 24.3 Å². The van der Waals surface area contributed by atoms with Gasteiger partial charge in [-0.15, -0.1) is 0 Å². The Balaban J connectivity index is 1.86. The molecule has 0 aliphatic rings. The van der Waals surface area contributed by atoms with E-state index in [0.717, 1.165) is 17.7 Å². The number of hydrogen-bond donors (Lipinski definition) is 1. The highest BCUT2D eigenvalue weighted by atomic mass is 19.4. The van der Waals surface area contributed by atoms with Gasteiger partial charge in [-0.1, -0.05) is 18.2 Å². The number of alkyl halides is 3. The molecule has 1 amide bonds. The zero-order valence-corrected chi connectivity index (χ0v) is 14.1. The second-order valence-electron chi connectivity index (χ2n) is 5.76. The summed E-state index contributed by atoms with van der Waals surface area (Å²) in [4.78, 5) is 22.8. The first-order chi connectivity index (χ1) is 12.2. The lowest BCUT2D eigenvalue weighted by Crippen LogP contribution is -2.20. The van der Waals surface area contributed by atoms with E-state index in [9.17, 15) is 22.8 Å². The molecule has 0 radical (unpaired) electrons. The van der Waals surface area contributed by atoms with Crippen LogP contribution in [0.1, 0.15) is 24.5 Å². The third kappa shape index (κ3) is 6.23. The fourth-order valence-corrected chi connectivity index (χ4v) is 2.19. The normalized spacial score (nSPS) is 11.1. The van der Waals surface area contributed by atoms with Crippen molar-refractivity contribution in [1.29, 1.82) is 0 Å². The average Bonchev–Trinajstić information content (AvgIpc) is 2.58. The number of hydrogen-bond acceptors (Lipinski definition) is 3. The van der Waals surface area contributed by atoms with E-state index in [4.69, 9.17) is 4.74 Å². The summed E-state index contributed by atoms with van der Waals surface area (Å²) in [6.45, 7) is 1.20. The number of benzene rings is 2. The van der Waals surface area contributed by atoms with E-state index < -0.39 is 17.6 Å². The molecule has 0 bridgehead atoms. The number of anilines is 1. The Morgan fingerprint density at radius 3 is 2.38 bits per heavy atom. The molecule has 4 nitrogen and oxygen atoms in total. The second kappa shape index (κ2) is 8.51. The van der Waals surface area contributed by atoms with Crippen molar-refractivity contribution >= 4 is 17.4 Å². The van der Waals surface area contributed by atoms with Crippen molar-refractivity contribution in [3.05, 3.63) is 59.7 Å². The van der Waals surface area contributed by atoms with E-state index in [0.29, 0.717) is 18.6 Å². The number of Topliss-reactive ketones (excluding diaryl/α,β-unsaturated/α-hetero) is 1. The average molecular weight is 365 g/mol. The molecule has 0 unspecified atom stereocenters. The summed E-state index contributed by atoms with van der Waals surface area (Å²) in [6, 6.07) is 11.3. The van der Waals surface area contributed by atoms with Gasteiger partial charge in [0.2, 0.25) is 0 Å². The van der Waals surface area contributed by atoms with Crippen molar-refractivity contribution in [1.82, 2.24) is 0 Å². The molecule has 0 heterocycles. The van der Waals surface area contributed by atoms with Gasteiger partial charge in [-0.25, -0.2) is 0 Å². The standard InChI is InChI=1S/C19H18F3NO3/c1-13(24)5-6-14-7-9-17(10-8-14)26-12-18(25)23-16-4-2-3-15(11-16)19(20,21)22/h2-4,7-11H,5-6,12H2,1H3,(H,23,25). The number of ketones is 1. The molecule has 0 saturated heterocycles. The summed E-state index contributed by atoms with van der Waals surface area (Å²) >= 11 is 0. The Hall–Kier alpha value is -2.83. The summed E-state index contributed by atoms with van der Waals surface area (Å²) in [5.41, 5.74) is 0.186. The van der Waals surface area contributed by atoms with Crippen molar-refractivity contribution in [2.75, 3.05) is 11.9 Å². The van der Waals surface area contributed by atoms with Crippen LogP contribution >= 0.6 is 0 Å². The zero-order chi connectivity index (χ0) is 19.2. The Morgan fingerprint density at radius 1 is 1.08 bits per heavy atom. The van der Waals surface area contributed by atoms with E-state index >= 15 is 0 Å². The number of nitrogens with one attached hydrogen (secondary N) is 1. The van der Waals surface area contributed by atoms with E-state index in [2.05, 4.69) is 5.32 Å². The fourth-order valence-electron chi connectivity index (χ4n) is 2.19. The molecule has 0 spiro atoms. The highest BCUT2D eigenvalue weighted by Gasteiger charge is 2.30. The van der Waals surface area contributed by atoms with Crippen molar-refractivity contribution < 1.29 is 27.5 Å². The summed E-state index contributed by atoms with van der Waals surface area (Å²) in [7, 11) is 0. The summed E-state index contributed by atoms with van der Waals surface area (Å²) in [6.07, 6.45) is -3.38. The lowest BCUT2D eigenvalue weighted by molar-refractivity contribution is -0.137. The first-order valence-electron chi connectivity index (χ1n) is 7.92. The lowest BCUT2D eigenvalue weighted by Gasteiger charge is -2.10. The molecule has 2 rings (SSSR count). The van der Waals surface area contributed by atoms with Crippen molar-refractivity contribution in [2.24, 2.45) is 0 Å². The van der Waals surface area contributed by atoms with Gasteiger partial charge in [0.1, 0.15) is 11.5 Å². The molecule has 1 N–H and O–H groups in total. The minimum absolute atomic E-state index is 0.0491. The smallest absolute Gasteiger partial charge is 0.416 e. The van der Waals surface area contributed by atoms with Crippen molar-refractivity contribution in [3.8, 4) is 5.75 Å². The lowest BCUT2D eigenvalue weighted by atomic mass is 10.1. The molecule has 0 atom stereocenters. The Morgan fingerprint density at radius 2 is 1.77 bits per heavy atom. The van der Waals surface area contributed by atoms with Crippen LogP contribution in [0.5, 0.6) is 5.75 Å². The van der Waals surface area contributed by atoms with Crippen molar-refractivity contribution in [3.63, 3.8) is 0 Å². The number of halogens is 3. The van der Waals surface area contributed by atoms with Crippen LogP contribution in [-0.2, 0) is 22.2 Å².